The summed E-state index contributed by atoms with van der Waals surface area (Å²) >= 11 is 0. The molecule has 1 N–H and O–H groups in total. The number of hydrogen-bond acceptors (Lipinski definition) is 5. The molecule has 2 heterocycles. The Morgan fingerprint density at radius 2 is 1.71 bits per heavy atom. The number of aromatic amines is 1. The highest BCUT2D eigenvalue weighted by Crippen LogP contribution is 2.39. The van der Waals surface area contributed by atoms with Crippen LogP contribution in [0.3, 0.4) is 0 Å². The van der Waals surface area contributed by atoms with Crippen LogP contribution in [-0.2, 0) is 6.54 Å². The third kappa shape index (κ3) is 3.77. The second kappa shape index (κ2) is 8.79. The fraction of sp³-hybridized carbons (Fsp3) is 0.185. The van der Waals surface area contributed by atoms with E-state index in [4.69, 9.17) is 14.2 Å². The molecular formula is C27H24FN3O4. The quantitative estimate of drug-likeness (QED) is 0.311. The highest BCUT2D eigenvalue weighted by molar-refractivity contribution is 6.12. The van der Waals surface area contributed by atoms with Gasteiger partial charge in [-0.2, -0.15) is 0 Å². The van der Waals surface area contributed by atoms with Gasteiger partial charge in [0.25, 0.3) is 0 Å². The van der Waals surface area contributed by atoms with E-state index in [0.717, 1.165) is 23.0 Å². The van der Waals surface area contributed by atoms with Crippen LogP contribution in [0.25, 0.3) is 33.3 Å². The Hall–Kier alpha value is -4.33. The number of nitrogens with one attached hydrogen (secondary N) is 1. The lowest BCUT2D eigenvalue weighted by Gasteiger charge is -2.14. The molecule has 0 aliphatic rings. The summed E-state index contributed by atoms with van der Waals surface area (Å²) in [6.45, 7) is 2.79. The van der Waals surface area contributed by atoms with Crippen LogP contribution in [-0.4, -0.2) is 41.6 Å². The summed E-state index contributed by atoms with van der Waals surface area (Å²) in [7, 11) is 4.54. The molecule has 7 nitrogen and oxygen atoms in total. The van der Waals surface area contributed by atoms with E-state index in [2.05, 4.69) is 14.5 Å². The SMILES string of the molecule is CCn1cc(-c2nc3ccc(F)cc3[nH]2)c2cc(C(=O)c3cc(OC)c(OC)c(OC)c3)ccc21. The highest BCUT2D eigenvalue weighted by atomic mass is 19.1. The molecular weight excluding hydrogens is 449 g/mol. The lowest BCUT2D eigenvalue weighted by atomic mass is 10.00. The molecule has 8 heteroatoms. The van der Waals surface area contributed by atoms with Crippen molar-refractivity contribution in [3.05, 3.63) is 71.7 Å². The van der Waals surface area contributed by atoms with E-state index < -0.39 is 0 Å². The average molecular weight is 474 g/mol. The number of carbonyl (C=O) groups is 1. The van der Waals surface area contributed by atoms with Crippen molar-refractivity contribution in [3.63, 3.8) is 0 Å². The molecule has 0 saturated carbocycles. The van der Waals surface area contributed by atoms with Crippen molar-refractivity contribution in [2.24, 2.45) is 0 Å². The number of aryl methyl sites for hydroxylation is 1. The number of H-pyrrole nitrogens is 1. The van der Waals surface area contributed by atoms with Gasteiger partial charge in [0.1, 0.15) is 11.6 Å². The number of rotatable bonds is 7. The number of ketones is 1. The summed E-state index contributed by atoms with van der Waals surface area (Å²) in [5.74, 6) is 1.33. The molecule has 0 amide bonds. The molecule has 0 aliphatic carbocycles. The largest absolute Gasteiger partial charge is 0.493 e. The van der Waals surface area contributed by atoms with Crippen molar-refractivity contribution >= 4 is 27.7 Å². The zero-order chi connectivity index (χ0) is 24.7. The summed E-state index contributed by atoms with van der Waals surface area (Å²) in [6, 6.07) is 13.3. The van der Waals surface area contributed by atoms with Gasteiger partial charge in [-0.05, 0) is 55.5 Å². The monoisotopic (exact) mass is 473 g/mol. The Kier molecular flexibility index (Phi) is 5.64. The standard InChI is InChI=1S/C27H24FN3O4/c1-5-31-14-19(27-29-20-8-7-17(28)13-21(20)30-27)18-10-15(6-9-22(18)31)25(32)16-11-23(33-2)26(35-4)24(12-16)34-3/h6-14H,5H2,1-4H3,(H,29,30). The Bertz CT molecular complexity index is 1560. The lowest BCUT2D eigenvalue weighted by Crippen LogP contribution is -2.04. The number of nitrogens with zero attached hydrogens (tertiary/aromatic N) is 2. The first kappa shape index (κ1) is 22.5. The summed E-state index contributed by atoms with van der Waals surface area (Å²) in [5.41, 5.74) is 4.00. The van der Waals surface area contributed by atoms with Gasteiger partial charge >= 0.3 is 0 Å². The van der Waals surface area contributed by atoms with Gasteiger partial charge in [-0.25, -0.2) is 9.37 Å². The fourth-order valence-corrected chi connectivity index (χ4v) is 4.38. The van der Waals surface area contributed by atoms with Crippen molar-refractivity contribution in [3.8, 4) is 28.6 Å². The van der Waals surface area contributed by atoms with Crippen molar-refractivity contribution in [1.29, 1.82) is 0 Å². The number of imidazole rings is 1. The zero-order valence-corrected chi connectivity index (χ0v) is 19.8. The smallest absolute Gasteiger partial charge is 0.203 e. The van der Waals surface area contributed by atoms with Crippen LogP contribution < -0.4 is 14.2 Å². The molecule has 0 unspecified atom stereocenters. The second-order valence-corrected chi connectivity index (χ2v) is 8.05. The van der Waals surface area contributed by atoms with E-state index in [1.807, 2.05) is 25.3 Å². The molecule has 178 valence electrons. The minimum Gasteiger partial charge on any atom is -0.493 e. The Morgan fingerprint density at radius 3 is 2.37 bits per heavy atom. The molecule has 35 heavy (non-hydrogen) atoms. The number of ether oxygens (including phenoxy) is 3. The minimum absolute atomic E-state index is 0.187. The van der Waals surface area contributed by atoms with E-state index in [1.165, 1.54) is 33.5 Å². The van der Waals surface area contributed by atoms with E-state index >= 15 is 0 Å². The maximum Gasteiger partial charge on any atom is 0.203 e. The van der Waals surface area contributed by atoms with Gasteiger partial charge in [0.15, 0.2) is 17.3 Å². The summed E-state index contributed by atoms with van der Waals surface area (Å²) < 4.78 is 32.0. The maximum atomic E-state index is 13.7. The topological polar surface area (TPSA) is 78.4 Å². The van der Waals surface area contributed by atoms with Crippen LogP contribution in [0.5, 0.6) is 17.2 Å². The average Bonchev–Trinajstić information content (AvgIpc) is 3.47. The molecule has 0 spiro atoms. The number of halogens is 1. The Balaban J connectivity index is 1.64. The van der Waals surface area contributed by atoms with Crippen LogP contribution in [0.2, 0.25) is 0 Å². The molecule has 0 saturated heterocycles. The van der Waals surface area contributed by atoms with E-state index in [0.29, 0.717) is 45.2 Å². The van der Waals surface area contributed by atoms with E-state index in [1.54, 1.807) is 24.3 Å². The van der Waals surface area contributed by atoms with Gasteiger partial charge in [-0.15, -0.1) is 0 Å². The predicted molar refractivity (Wildman–Crippen MR) is 132 cm³/mol. The molecule has 0 fully saturated rings. The fourth-order valence-electron chi connectivity index (χ4n) is 4.38. The number of hydrogen-bond donors (Lipinski definition) is 1. The zero-order valence-electron chi connectivity index (χ0n) is 19.8. The molecule has 5 rings (SSSR count). The van der Waals surface area contributed by atoms with Gasteiger partial charge in [0.2, 0.25) is 5.75 Å². The minimum atomic E-state index is -0.332. The van der Waals surface area contributed by atoms with Gasteiger partial charge < -0.3 is 23.8 Å². The van der Waals surface area contributed by atoms with Crippen LogP contribution in [0.15, 0.2) is 54.7 Å². The summed E-state index contributed by atoms with van der Waals surface area (Å²) in [4.78, 5) is 21.4. The van der Waals surface area contributed by atoms with Crippen LogP contribution in [0.1, 0.15) is 22.8 Å². The molecule has 2 aromatic heterocycles. The van der Waals surface area contributed by atoms with Crippen molar-refractivity contribution in [2.45, 2.75) is 13.5 Å². The lowest BCUT2D eigenvalue weighted by molar-refractivity contribution is 0.103. The third-order valence-corrected chi connectivity index (χ3v) is 6.11. The highest BCUT2D eigenvalue weighted by Gasteiger charge is 2.20. The van der Waals surface area contributed by atoms with Crippen molar-refractivity contribution in [2.75, 3.05) is 21.3 Å². The first-order valence-corrected chi connectivity index (χ1v) is 11.1. The van der Waals surface area contributed by atoms with Crippen LogP contribution >= 0.6 is 0 Å². The van der Waals surface area contributed by atoms with E-state index in [-0.39, 0.29) is 11.6 Å². The summed E-state index contributed by atoms with van der Waals surface area (Å²) in [5, 5.41) is 0.865. The van der Waals surface area contributed by atoms with Crippen molar-refractivity contribution in [1.82, 2.24) is 14.5 Å². The summed E-state index contributed by atoms with van der Waals surface area (Å²) in [6.07, 6.45) is 1.99. The molecule has 5 aromatic rings. The molecule has 0 bridgehead atoms. The Morgan fingerprint density at radius 1 is 0.971 bits per heavy atom. The van der Waals surface area contributed by atoms with E-state index in [9.17, 15) is 9.18 Å². The number of fused-ring (bicyclic) bond motifs is 2. The first-order valence-electron chi connectivity index (χ1n) is 11.1. The van der Waals surface area contributed by atoms with Gasteiger partial charge in [0, 0.05) is 40.3 Å². The number of aromatic nitrogens is 3. The van der Waals surface area contributed by atoms with Gasteiger partial charge in [0.05, 0.1) is 32.4 Å². The number of benzene rings is 3. The number of methoxy groups -OCH3 is 3. The van der Waals surface area contributed by atoms with Crippen molar-refractivity contribution < 1.29 is 23.4 Å². The number of carbonyl (C=O) groups excluding carboxylic acids is 1. The molecule has 0 aliphatic heterocycles. The normalized spacial score (nSPS) is 11.2. The van der Waals surface area contributed by atoms with Gasteiger partial charge in [-0.3, -0.25) is 4.79 Å². The van der Waals surface area contributed by atoms with Crippen LogP contribution in [0.4, 0.5) is 4.39 Å². The molecule has 0 radical (unpaired) electrons. The Labute approximate surface area is 201 Å². The predicted octanol–water partition coefficient (Wildman–Crippen LogP) is 5.60. The molecule has 3 aromatic carbocycles. The maximum absolute atomic E-state index is 13.7. The van der Waals surface area contributed by atoms with Crippen LogP contribution in [0, 0.1) is 5.82 Å². The molecule has 0 atom stereocenters. The first-order chi connectivity index (χ1) is 17.0. The van der Waals surface area contributed by atoms with Gasteiger partial charge in [-0.1, -0.05) is 0 Å². The second-order valence-electron chi connectivity index (χ2n) is 8.05. The third-order valence-electron chi connectivity index (χ3n) is 6.11.